The quantitative estimate of drug-likeness (QED) is 0.601. The Morgan fingerprint density at radius 3 is 2.61 bits per heavy atom. The Bertz CT molecular complexity index is 1000. The fourth-order valence-electron chi connectivity index (χ4n) is 3.53. The van der Waals surface area contributed by atoms with Crippen molar-refractivity contribution in [2.75, 3.05) is 26.2 Å². The number of nitrogens with zero attached hydrogens (tertiary/aromatic N) is 1. The number of rotatable bonds is 8. The lowest BCUT2D eigenvalue weighted by Crippen LogP contribution is -2.44. The number of hydrogen-bond donors (Lipinski definition) is 1. The standard InChI is InChI=1S/C22H26ClFN2O4S/c1-16-4-2-5-18(14-16)30-13-10-25-22(27)17-8-11-26(12-9-17)31(28,29)15-19-20(23)6-3-7-21(19)24/h2-7,14,17H,8-13,15H2,1H3,(H,25,27). The van der Waals surface area contributed by atoms with Crippen molar-refractivity contribution >= 4 is 27.5 Å². The highest BCUT2D eigenvalue weighted by Gasteiger charge is 2.32. The van der Waals surface area contributed by atoms with Gasteiger partial charge in [0.25, 0.3) is 0 Å². The van der Waals surface area contributed by atoms with Crippen molar-refractivity contribution in [1.29, 1.82) is 0 Å². The smallest absolute Gasteiger partial charge is 0.223 e. The predicted molar refractivity (Wildman–Crippen MR) is 118 cm³/mol. The fraction of sp³-hybridized carbons (Fsp3) is 0.409. The molecule has 1 aliphatic rings. The number of aryl methyl sites for hydroxylation is 1. The summed E-state index contributed by atoms with van der Waals surface area (Å²) in [4.78, 5) is 12.4. The third-order valence-electron chi connectivity index (χ3n) is 5.27. The summed E-state index contributed by atoms with van der Waals surface area (Å²) in [5, 5.41) is 2.94. The number of piperidine rings is 1. The molecule has 168 valence electrons. The van der Waals surface area contributed by atoms with Crippen molar-refractivity contribution in [2.24, 2.45) is 5.92 Å². The van der Waals surface area contributed by atoms with E-state index in [9.17, 15) is 17.6 Å². The minimum absolute atomic E-state index is 0.0300. The third-order valence-corrected chi connectivity index (χ3v) is 7.43. The number of ether oxygens (including phenoxy) is 1. The van der Waals surface area contributed by atoms with Gasteiger partial charge >= 0.3 is 0 Å². The van der Waals surface area contributed by atoms with Crippen LogP contribution in [0.25, 0.3) is 0 Å². The molecule has 2 aromatic carbocycles. The van der Waals surface area contributed by atoms with Crippen LogP contribution in [0.3, 0.4) is 0 Å². The molecular weight excluding hydrogens is 443 g/mol. The average Bonchev–Trinajstić information content (AvgIpc) is 2.74. The van der Waals surface area contributed by atoms with E-state index in [4.69, 9.17) is 16.3 Å². The Balaban J connectivity index is 1.44. The summed E-state index contributed by atoms with van der Waals surface area (Å²) < 4.78 is 46.3. The minimum Gasteiger partial charge on any atom is -0.492 e. The van der Waals surface area contributed by atoms with Crippen molar-refractivity contribution in [3.63, 3.8) is 0 Å². The minimum atomic E-state index is -3.73. The maximum Gasteiger partial charge on any atom is 0.223 e. The zero-order valence-electron chi connectivity index (χ0n) is 17.3. The van der Waals surface area contributed by atoms with Crippen molar-refractivity contribution in [1.82, 2.24) is 9.62 Å². The van der Waals surface area contributed by atoms with Gasteiger partial charge in [-0.2, -0.15) is 0 Å². The van der Waals surface area contributed by atoms with Crippen LogP contribution in [0.5, 0.6) is 5.75 Å². The Labute approximate surface area is 187 Å². The van der Waals surface area contributed by atoms with E-state index in [0.717, 1.165) is 11.3 Å². The van der Waals surface area contributed by atoms with E-state index < -0.39 is 21.6 Å². The molecule has 6 nitrogen and oxygen atoms in total. The third kappa shape index (κ3) is 6.41. The van der Waals surface area contributed by atoms with E-state index in [0.29, 0.717) is 26.0 Å². The van der Waals surface area contributed by atoms with Crippen molar-refractivity contribution in [3.05, 3.63) is 64.4 Å². The van der Waals surface area contributed by atoms with Crippen molar-refractivity contribution < 1.29 is 22.3 Å². The molecule has 3 rings (SSSR count). The van der Waals surface area contributed by atoms with Gasteiger partial charge in [-0.15, -0.1) is 0 Å². The zero-order valence-corrected chi connectivity index (χ0v) is 18.9. The Morgan fingerprint density at radius 2 is 1.94 bits per heavy atom. The van der Waals surface area contributed by atoms with E-state index in [2.05, 4.69) is 5.32 Å². The number of carbonyl (C=O) groups excluding carboxylic acids is 1. The molecule has 0 unspecified atom stereocenters. The maximum atomic E-state index is 14.0. The zero-order chi connectivity index (χ0) is 22.4. The fourth-order valence-corrected chi connectivity index (χ4v) is 5.45. The second kappa shape index (κ2) is 10.4. The number of halogens is 2. The summed E-state index contributed by atoms with van der Waals surface area (Å²) in [6.07, 6.45) is 0.823. The summed E-state index contributed by atoms with van der Waals surface area (Å²) in [6, 6.07) is 11.8. The highest BCUT2D eigenvalue weighted by Crippen LogP contribution is 2.26. The molecule has 31 heavy (non-hydrogen) atoms. The van der Waals surface area contributed by atoms with Gasteiger partial charge in [0, 0.05) is 29.6 Å². The van der Waals surface area contributed by atoms with E-state index in [1.54, 1.807) is 0 Å². The van der Waals surface area contributed by atoms with E-state index in [1.165, 1.54) is 22.5 Å². The number of sulfonamides is 1. The van der Waals surface area contributed by atoms with Crippen LogP contribution in [0.2, 0.25) is 5.02 Å². The Morgan fingerprint density at radius 1 is 1.23 bits per heavy atom. The lowest BCUT2D eigenvalue weighted by atomic mass is 9.97. The van der Waals surface area contributed by atoms with Gasteiger partial charge in [-0.3, -0.25) is 4.79 Å². The summed E-state index contributed by atoms with van der Waals surface area (Å²) in [5.74, 6) is -0.753. The van der Waals surface area contributed by atoms with E-state index in [1.807, 2.05) is 31.2 Å². The average molecular weight is 469 g/mol. The molecule has 0 aromatic heterocycles. The van der Waals surface area contributed by atoms with Crippen molar-refractivity contribution in [2.45, 2.75) is 25.5 Å². The first kappa shape index (κ1) is 23.5. The molecule has 0 bridgehead atoms. The molecule has 0 radical (unpaired) electrons. The largest absolute Gasteiger partial charge is 0.492 e. The van der Waals surface area contributed by atoms with E-state index in [-0.39, 0.29) is 35.5 Å². The summed E-state index contributed by atoms with van der Waals surface area (Å²) in [6.45, 7) is 3.13. The number of benzene rings is 2. The van der Waals surface area contributed by atoms with Gasteiger partial charge in [0.1, 0.15) is 18.2 Å². The van der Waals surface area contributed by atoms with Crippen LogP contribution in [-0.4, -0.2) is 44.9 Å². The van der Waals surface area contributed by atoms with Crippen LogP contribution in [0.1, 0.15) is 24.0 Å². The normalized spacial score (nSPS) is 15.6. The highest BCUT2D eigenvalue weighted by molar-refractivity contribution is 7.88. The SMILES string of the molecule is Cc1cccc(OCCNC(=O)C2CCN(S(=O)(=O)Cc3c(F)cccc3Cl)CC2)c1. The number of hydrogen-bond acceptors (Lipinski definition) is 4. The van der Waals surface area contributed by atoms with Gasteiger partial charge < -0.3 is 10.1 Å². The van der Waals surface area contributed by atoms with Crippen molar-refractivity contribution in [3.8, 4) is 5.75 Å². The molecule has 1 saturated heterocycles. The van der Waals surface area contributed by atoms with Gasteiger partial charge in [0.05, 0.1) is 12.3 Å². The molecular formula is C22H26ClFN2O4S. The van der Waals surface area contributed by atoms with Crippen LogP contribution in [0, 0.1) is 18.7 Å². The molecule has 0 spiro atoms. The molecule has 1 aliphatic heterocycles. The van der Waals surface area contributed by atoms with Gasteiger partial charge in [-0.25, -0.2) is 17.1 Å². The predicted octanol–water partition coefficient (Wildman–Crippen LogP) is 3.52. The number of nitrogens with one attached hydrogen (secondary N) is 1. The molecule has 1 amide bonds. The number of amides is 1. The molecule has 0 aliphatic carbocycles. The first-order valence-corrected chi connectivity index (χ1v) is 12.1. The summed E-state index contributed by atoms with van der Waals surface area (Å²) >= 11 is 5.96. The topological polar surface area (TPSA) is 75.7 Å². The van der Waals surface area contributed by atoms with Crippen LogP contribution in [0.4, 0.5) is 4.39 Å². The molecule has 2 aromatic rings. The van der Waals surface area contributed by atoms with Crippen LogP contribution in [-0.2, 0) is 20.6 Å². The van der Waals surface area contributed by atoms with Crippen LogP contribution < -0.4 is 10.1 Å². The van der Waals surface area contributed by atoms with E-state index >= 15 is 0 Å². The second-order valence-corrected chi connectivity index (χ2v) is 9.96. The van der Waals surface area contributed by atoms with Gasteiger partial charge in [-0.05, 0) is 49.6 Å². The van der Waals surface area contributed by atoms with Gasteiger partial charge in [0.2, 0.25) is 15.9 Å². The van der Waals surface area contributed by atoms with Gasteiger partial charge in [0.15, 0.2) is 0 Å². The van der Waals surface area contributed by atoms with Crippen LogP contribution >= 0.6 is 11.6 Å². The molecule has 0 saturated carbocycles. The van der Waals surface area contributed by atoms with Crippen LogP contribution in [0.15, 0.2) is 42.5 Å². The molecule has 0 atom stereocenters. The molecule has 1 heterocycles. The molecule has 9 heteroatoms. The van der Waals surface area contributed by atoms with Gasteiger partial charge in [-0.1, -0.05) is 29.8 Å². The lowest BCUT2D eigenvalue weighted by molar-refractivity contribution is -0.126. The first-order valence-electron chi connectivity index (χ1n) is 10.1. The molecule has 1 fully saturated rings. The number of carbonyl (C=O) groups is 1. The second-order valence-electron chi connectivity index (χ2n) is 7.59. The molecule has 1 N–H and O–H groups in total. The lowest BCUT2D eigenvalue weighted by Gasteiger charge is -2.30. The highest BCUT2D eigenvalue weighted by atomic mass is 35.5. The Hall–Kier alpha value is -2.16. The maximum absolute atomic E-state index is 14.0. The first-order chi connectivity index (χ1) is 14.8. The summed E-state index contributed by atoms with van der Waals surface area (Å²) in [5.41, 5.74) is 1.07. The Kier molecular flexibility index (Phi) is 7.91. The monoisotopic (exact) mass is 468 g/mol. The summed E-state index contributed by atoms with van der Waals surface area (Å²) in [7, 11) is -3.73.